The lowest BCUT2D eigenvalue weighted by Crippen LogP contribution is -2.34. The highest BCUT2D eigenvalue weighted by Crippen LogP contribution is 2.23. The molecule has 3 rings (SSSR count). The number of hydrogen-bond acceptors (Lipinski definition) is 5. The topological polar surface area (TPSA) is 135 Å². The van der Waals surface area contributed by atoms with Crippen LogP contribution in [-0.4, -0.2) is 35.8 Å². The minimum absolute atomic E-state index is 0.0387. The maximum atomic E-state index is 13.0. The number of aromatic nitrogens is 2. The van der Waals surface area contributed by atoms with Crippen molar-refractivity contribution < 1.29 is 13.2 Å². The first-order valence-electron chi connectivity index (χ1n) is 9.21. The van der Waals surface area contributed by atoms with E-state index in [0.717, 1.165) is 4.57 Å². The van der Waals surface area contributed by atoms with E-state index < -0.39 is 27.3 Å². The van der Waals surface area contributed by atoms with Gasteiger partial charge in [0, 0.05) is 19.2 Å². The molecule has 0 saturated heterocycles. The molecule has 1 unspecified atom stereocenters. The van der Waals surface area contributed by atoms with Crippen LogP contribution in [0.15, 0.2) is 56.9 Å². The van der Waals surface area contributed by atoms with Gasteiger partial charge in [0.05, 0.1) is 21.8 Å². The molecule has 3 N–H and O–H groups in total. The molecule has 30 heavy (non-hydrogen) atoms. The molecule has 0 fully saturated rings. The Morgan fingerprint density at radius 3 is 2.53 bits per heavy atom. The number of hydrogen-bond donors (Lipinski definition) is 2. The molecule has 0 radical (unpaired) electrons. The molecule has 1 amide bonds. The van der Waals surface area contributed by atoms with E-state index in [4.69, 9.17) is 5.14 Å². The molecule has 9 nitrogen and oxygen atoms in total. The van der Waals surface area contributed by atoms with Gasteiger partial charge in [0.15, 0.2) is 0 Å². The van der Waals surface area contributed by atoms with Gasteiger partial charge in [-0.25, -0.2) is 18.4 Å². The van der Waals surface area contributed by atoms with E-state index in [0.29, 0.717) is 10.9 Å². The van der Waals surface area contributed by atoms with E-state index in [2.05, 4.69) is 4.98 Å². The number of fused-ring (bicyclic) bond motifs is 1. The Morgan fingerprint density at radius 2 is 1.90 bits per heavy atom. The Bertz CT molecular complexity index is 1360. The number of benzene rings is 2. The summed E-state index contributed by atoms with van der Waals surface area (Å²) in [6.07, 6.45) is 0. The second-order valence-electron chi connectivity index (χ2n) is 6.95. The Hall–Kier alpha value is -3.24. The molecule has 0 bridgehead atoms. The molecule has 0 spiro atoms. The average Bonchev–Trinajstić information content (AvgIpc) is 2.71. The third-order valence-electron chi connectivity index (χ3n) is 5.12. The molecule has 10 heteroatoms. The van der Waals surface area contributed by atoms with Crippen LogP contribution in [0, 0.1) is 0 Å². The van der Waals surface area contributed by atoms with Crippen molar-refractivity contribution >= 4 is 26.8 Å². The number of nitrogens with one attached hydrogen (secondary N) is 1. The summed E-state index contributed by atoms with van der Waals surface area (Å²) in [5, 5.41) is 5.50. The molecule has 3 aromatic rings. The van der Waals surface area contributed by atoms with Crippen molar-refractivity contribution in [1.82, 2.24) is 14.5 Å². The zero-order valence-electron chi connectivity index (χ0n) is 16.7. The van der Waals surface area contributed by atoms with E-state index in [1.54, 1.807) is 33.0 Å². The molecule has 0 aliphatic heterocycles. The first-order valence-corrected chi connectivity index (χ1v) is 10.8. The molecular weight excluding hydrogens is 408 g/mol. The molecule has 1 aromatic heterocycles. The molecule has 0 aliphatic rings. The van der Waals surface area contributed by atoms with Crippen molar-refractivity contribution in [3.63, 3.8) is 0 Å². The van der Waals surface area contributed by atoms with Crippen LogP contribution in [0.4, 0.5) is 0 Å². The number of amides is 1. The Kier molecular flexibility index (Phi) is 5.64. The van der Waals surface area contributed by atoms with E-state index >= 15 is 0 Å². The van der Waals surface area contributed by atoms with Gasteiger partial charge < -0.3 is 9.88 Å². The first-order chi connectivity index (χ1) is 14.0. The number of nitrogens with two attached hydrogens (primary N) is 1. The lowest BCUT2D eigenvalue weighted by molar-refractivity contribution is 0.0742. The highest BCUT2D eigenvalue weighted by atomic mass is 32.2. The number of nitrogens with zero attached hydrogens (tertiary/aromatic N) is 2. The quantitative estimate of drug-likeness (QED) is 0.627. The zero-order chi connectivity index (χ0) is 22.2. The number of carbonyl (C=O) groups is 1. The molecule has 158 valence electrons. The number of carbonyl (C=O) groups excluding carboxylic acids is 1. The molecule has 0 saturated carbocycles. The molecule has 0 aliphatic carbocycles. The maximum absolute atomic E-state index is 13.0. The lowest BCUT2D eigenvalue weighted by atomic mass is 10.1. The number of H-pyrrole nitrogens is 1. The standard InChI is InChI=1S/C20H22N4O5S/c1-4-24-19(26)16-9-8-14(11-17(16)22-20(24)27)18(25)23(3)12(2)13-6-5-7-15(10-13)30(21,28)29/h5-12H,4H2,1-3H3,(H,22,27)(H2,21,28,29). The predicted octanol–water partition coefficient (Wildman–Crippen LogP) is 1.19. The third kappa shape index (κ3) is 3.91. The molecule has 2 aromatic carbocycles. The second kappa shape index (κ2) is 7.88. The van der Waals surface area contributed by atoms with E-state index in [1.165, 1.54) is 35.2 Å². The minimum Gasteiger partial charge on any atom is -0.335 e. The van der Waals surface area contributed by atoms with Crippen molar-refractivity contribution in [1.29, 1.82) is 0 Å². The zero-order valence-corrected chi connectivity index (χ0v) is 17.6. The summed E-state index contributed by atoms with van der Waals surface area (Å²) in [5.74, 6) is -0.356. The van der Waals surface area contributed by atoms with Crippen LogP contribution in [-0.2, 0) is 16.6 Å². The number of primary sulfonamides is 1. The van der Waals surface area contributed by atoms with Crippen molar-refractivity contribution in [3.05, 3.63) is 74.4 Å². The van der Waals surface area contributed by atoms with Gasteiger partial charge >= 0.3 is 5.69 Å². The molecule has 1 atom stereocenters. The van der Waals surface area contributed by atoms with Crippen molar-refractivity contribution in [2.24, 2.45) is 5.14 Å². The van der Waals surface area contributed by atoms with Crippen molar-refractivity contribution in [2.75, 3.05) is 7.05 Å². The van der Waals surface area contributed by atoms with Crippen LogP contribution in [0.1, 0.15) is 35.8 Å². The normalized spacial score (nSPS) is 12.7. The van der Waals surface area contributed by atoms with Crippen molar-refractivity contribution in [3.8, 4) is 0 Å². The Labute approximate surface area is 172 Å². The van der Waals surface area contributed by atoms with Crippen LogP contribution in [0.2, 0.25) is 0 Å². The number of aromatic amines is 1. The van der Waals surface area contributed by atoms with Gasteiger partial charge in [-0.3, -0.25) is 14.2 Å². The second-order valence-corrected chi connectivity index (χ2v) is 8.51. The third-order valence-corrected chi connectivity index (χ3v) is 6.03. The largest absolute Gasteiger partial charge is 0.335 e. The number of rotatable bonds is 5. The van der Waals surface area contributed by atoms with Gasteiger partial charge in [-0.2, -0.15) is 0 Å². The van der Waals surface area contributed by atoms with Crippen LogP contribution in [0.3, 0.4) is 0 Å². The van der Waals surface area contributed by atoms with Gasteiger partial charge in [0.2, 0.25) is 10.0 Å². The van der Waals surface area contributed by atoms with Gasteiger partial charge in [-0.15, -0.1) is 0 Å². The van der Waals surface area contributed by atoms with E-state index in [-0.39, 0.29) is 28.4 Å². The highest BCUT2D eigenvalue weighted by molar-refractivity contribution is 7.89. The average molecular weight is 430 g/mol. The van der Waals surface area contributed by atoms with Crippen LogP contribution < -0.4 is 16.4 Å². The molecular formula is C20H22N4O5S. The van der Waals surface area contributed by atoms with Crippen LogP contribution in [0.5, 0.6) is 0 Å². The van der Waals surface area contributed by atoms with Gasteiger partial charge in [-0.1, -0.05) is 12.1 Å². The molecule has 1 heterocycles. The summed E-state index contributed by atoms with van der Waals surface area (Å²) in [4.78, 5) is 41.5. The highest BCUT2D eigenvalue weighted by Gasteiger charge is 2.21. The Balaban J connectivity index is 1.97. The fraction of sp³-hybridized carbons (Fsp3) is 0.250. The van der Waals surface area contributed by atoms with Gasteiger partial charge in [0.25, 0.3) is 11.5 Å². The van der Waals surface area contributed by atoms with Crippen LogP contribution in [0.25, 0.3) is 10.9 Å². The monoisotopic (exact) mass is 430 g/mol. The van der Waals surface area contributed by atoms with Gasteiger partial charge in [0.1, 0.15) is 0 Å². The smallest absolute Gasteiger partial charge is 0.328 e. The summed E-state index contributed by atoms with van der Waals surface area (Å²) in [7, 11) is -2.28. The Morgan fingerprint density at radius 1 is 1.20 bits per heavy atom. The van der Waals surface area contributed by atoms with E-state index in [9.17, 15) is 22.8 Å². The first kappa shape index (κ1) is 21.5. The van der Waals surface area contributed by atoms with Gasteiger partial charge in [-0.05, 0) is 49.7 Å². The summed E-state index contributed by atoms with van der Waals surface area (Å²) >= 11 is 0. The summed E-state index contributed by atoms with van der Waals surface area (Å²) in [5.41, 5.74) is 0.192. The van der Waals surface area contributed by atoms with Crippen LogP contribution >= 0.6 is 0 Å². The SMILES string of the molecule is CCn1c(=O)[nH]c2cc(C(=O)N(C)C(C)c3cccc(S(N)(=O)=O)c3)ccc2c1=O. The summed E-state index contributed by atoms with van der Waals surface area (Å²) < 4.78 is 24.3. The van der Waals surface area contributed by atoms with E-state index in [1.807, 2.05) is 0 Å². The predicted molar refractivity (Wildman–Crippen MR) is 113 cm³/mol. The fourth-order valence-electron chi connectivity index (χ4n) is 3.23. The maximum Gasteiger partial charge on any atom is 0.328 e. The summed E-state index contributed by atoms with van der Waals surface area (Å²) in [6.45, 7) is 3.69. The number of sulfonamides is 1. The summed E-state index contributed by atoms with van der Waals surface area (Å²) in [6, 6.07) is 10.1. The minimum atomic E-state index is -3.86. The fourth-order valence-corrected chi connectivity index (χ4v) is 3.80. The lowest BCUT2D eigenvalue weighted by Gasteiger charge is -2.26. The van der Waals surface area contributed by atoms with Crippen molar-refractivity contribution in [2.45, 2.75) is 31.3 Å².